The van der Waals surface area contributed by atoms with Crippen molar-refractivity contribution in [2.45, 2.75) is 45.0 Å². The van der Waals surface area contributed by atoms with E-state index >= 15 is 0 Å². The standard InChI is InChI=1S/C9H14O5/c1-5(10)13-8-3-7(12)4-9(8)14-6(2)11/h7-9,12H,3-4H2,1-2H3/t7-,8-,9+. The van der Waals surface area contributed by atoms with Crippen molar-refractivity contribution < 1.29 is 24.2 Å². The number of hydrogen-bond acceptors (Lipinski definition) is 5. The van der Waals surface area contributed by atoms with Crippen LogP contribution in [-0.4, -0.2) is 35.4 Å². The smallest absolute Gasteiger partial charge is 0.303 e. The van der Waals surface area contributed by atoms with Crippen LogP contribution in [0, 0.1) is 0 Å². The van der Waals surface area contributed by atoms with Crippen LogP contribution < -0.4 is 0 Å². The third-order valence-corrected chi connectivity index (χ3v) is 2.06. The van der Waals surface area contributed by atoms with Crippen molar-refractivity contribution in [1.29, 1.82) is 0 Å². The Bertz CT molecular complexity index is 213. The first kappa shape index (κ1) is 11.0. The number of hydrogen-bond donors (Lipinski definition) is 1. The molecule has 1 aliphatic carbocycles. The second-order valence-corrected chi connectivity index (χ2v) is 3.42. The van der Waals surface area contributed by atoms with E-state index in [1.54, 1.807) is 0 Å². The first-order chi connectivity index (χ1) is 6.49. The largest absolute Gasteiger partial charge is 0.459 e. The van der Waals surface area contributed by atoms with Gasteiger partial charge in [0, 0.05) is 26.7 Å². The molecule has 0 spiro atoms. The topological polar surface area (TPSA) is 72.8 Å². The molecule has 5 heteroatoms. The Labute approximate surface area is 82.0 Å². The number of ether oxygens (including phenoxy) is 2. The lowest BCUT2D eigenvalue weighted by Crippen LogP contribution is -2.29. The molecule has 1 fully saturated rings. The van der Waals surface area contributed by atoms with Gasteiger partial charge in [-0.05, 0) is 0 Å². The predicted octanol–water partition coefficient (Wildman–Crippen LogP) is 0.00450. The average molecular weight is 202 g/mol. The second kappa shape index (κ2) is 4.41. The van der Waals surface area contributed by atoms with Gasteiger partial charge in [0.25, 0.3) is 0 Å². The molecule has 14 heavy (non-hydrogen) atoms. The molecule has 0 unspecified atom stereocenters. The molecule has 3 atom stereocenters. The normalized spacial score (nSPS) is 31.2. The molecule has 1 N–H and O–H groups in total. The van der Waals surface area contributed by atoms with Crippen molar-refractivity contribution in [2.75, 3.05) is 0 Å². The van der Waals surface area contributed by atoms with Crippen LogP contribution in [0.5, 0.6) is 0 Å². The van der Waals surface area contributed by atoms with Crippen molar-refractivity contribution in [2.24, 2.45) is 0 Å². The fourth-order valence-electron chi connectivity index (χ4n) is 1.61. The zero-order chi connectivity index (χ0) is 10.7. The monoisotopic (exact) mass is 202 g/mol. The summed E-state index contributed by atoms with van der Waals surface area (Å²) in [7, 11) is 0. The molecule has 5 nitrogen and oxygen atoms in total. The first-order valence-electron chi connectivity index (χ1n) is 4.51. The van der Waals surface area contributed by atoms with Crippen LogP contribution in [0.3, 0.4) is 0 Å². The van der Waals surface area contributed by atoms with E-state index in [-0.39, 0.29) is 0 Å². The number of aliphatic hydroxyl groups is 1. The van der Waals surface area contributed by atoms with Gasteiger partial charge in [0.2, 0.25) is 0 Å². The maximum Gasteiger partial charge on any atom is 0.303 e. The lowest BCUT2D eigenvalue weighted by molar-refractivity contribution is -0.162. The number of esters is 2. The lowest BCUT2D eigenvalue weighted by atomic mass is 10.2. The van der Waals surface area contributed by atoms with Gasteiger partial charge >= 0.3 is 11.9 Å². The molecular formula is C9H14O5. The van der Waals surface area contributed by atoms with E-state index in [0.717, 1.165) is 0 Å². The third kappa shape index (κ3) is 2.99. The van der Waals surface area contributed by atoms with Crippen LogP contribution in [0.2, 0.25) is 0 Å². The van der Waals surface area contributed by atoms with E-state index in [2.05, 4.69) is 0 Å². The van der Waals surface area contributed by atoms with Crippen molar-refractivity contribution in [3.05, 3.63) is 0 Å². The molecular weight excluding hydrogens is 188 g/mol. The summed E-state index contributed by atoms with van der Waals surface area (Å²) < 4.78 is 9.84. The Morgan fingerprint density at radius 2 is 1.43 bits per heavy atom. The van der Waals surface area contributed by atoms with Crippen molar-refractivity contribution in [3.8, 4) is 0 Å². The zero-order valence-corrected chi connectivity index (χ0v) is 8.23. The average Bonchev–Trinajstić information content (AvgIpc) is 2.28. The number of rotatable bonds is 2. The van der Waals surface area contributed by atoms with E-state index in [4.69, 9.17) is 9.47 Å². The highest BCUT2D eigenvalue weighted by Crippen LogP contribution is 2.25. The Hall–Kier alpha value is -1.10. The molecule has 0 aliphatic heterocycles. The van der Waals surface area contributed by atoms with E-state index in [9.17, 15) is 14.7 Å². The Balaban J connectivity index is 2.53. The molecule has 0 aromatic rings. The number of aliphatic hydroxyl groups excluding tert-OH is 1. The first-order valence-corrected chi connectivity index (χ1v) is 4.51. The summed E-state index contributed by atoms with van der Waals surface area (Å²) in [5, 5.41) is 9.31. The van der Waals surface area contributed by atoms with E-state index in [1.807, 2.05) is 0 Å². The minimum Gasteiger partial charge on any atom is -0.459 e. The minimum absolute atomic E-state index is 0.331. The van der Waals surface area contributed by atoms with Crippen molar-refractivity contribution in [1.82, 2.24) is 0 Å². The highest BCUT2D eigenvalue weighted by atomic mass is 16.6. The van der Waals surface area contributed by atoms with Gasteiger partial charge in [-0.2, -0.15) is 0 Å². The maximum atomic E-state index is 10.7. The molecule has 1 rings (SSSR count). The van der Waals surface area contributed by atoms with Gasteiger partial charge in [-0.1, -0.05) is 0 Å². The van der Waals surface area contributed by atoms with Gasteiger partial charge in [-0.25, -0.2) is 0 Å². The molecule has 0 bridgehead atoms. The van der Waals surface area contributed by atoms with Gasteiger partial charge in [0.1, 0.15) is 12.2 Å². The summed E-state index contributed by atoms with van der Waals surface area (Å²) >= 11 is 0. The number of carbonyl (C=O) groups excluding carboxylic acids is 2. The molecule has 0 heterocycles. The number of carbonyl (C=O) groups is 2. The van der Waals surface area contributed by atoms with Crippen LogP contribution in [0.1, 0.15) is 26.7 Å². The van der Waals surface area contributed by atoms with Crippen LogP contribution in [-0.2, 0) is 19.1 Å². The summed E-state index contributed by atoms with van der Waals surface area (Å²) in [6.45, 7) is 2.57. The Morgan fingerprint density at radius 3 is 1.71 bits per heavy atom. The van der Waals surface area contributed by atoms with Crippen LogP contribution in [0.25, 0.3) is 0 Å². The maximum absolute atomic E-state index is 10.7. The zero-order valence-electron chi connectivity index (χ0n) is 8.23. The SMILES string of the molecule is CC(=O)O[C@H]1C[C@H](O)C[C@H]1OC(C)=O. The fourth-order valence-corrected chi connectivity index (χ4v) is 1.61. The summed E-state index contributed by atoms with van der Waals surface area (Å²) in [6.07, 6.45) is -0.920. The summed E-state index contributed by atoms with van der Waals surface area (Å²) in [6, 6.07) is 0. The van der Waals surface area contributed by atoms with E-state index in [1.165, 1.54) is 13.8 Å². The van der Waals surface area contributed by atoms with Gasteiger partial charge in [0.05, 0.1) is 6.10 Å². The van der Waals surface area contributed by atoms with E-state index in [0.29, 0.717) is 12.8 Å². The Kier molecular flexibility index (Phi) is 3.46. The van der Waals surface area contributed by atoms with Crippen LogP contribution in [0.15, 0.2) is 0 Å². The summed E-state index contributed by atoms with van der Waals surface area (Å²) in [4.78, 5) is 21.4. The Morgan fingerprint density at radius 1 is 1.07 bits per heavy atom. The van der Waals surface area contributed by atoms with Crippen LogP contribution in [0.4, 0.5) is 0 Å². The van der Waals surface area contributed by atoms with Gasteiger partial charge in [0.15, 0.2) is 0 Å². The third-order valence-electron chi connectivity index (χ3n) is 2.06. The fraction of sp³-hybridized carbons (Fsp3) is 0.778. The van der Waals surface area contributed by atoms with Gasteiger partial charge in [-0.3, -0.25) is 9.59 Å². The van der Waals surface area contributed by atoms with Gasteiger partial charge < -0.3 is 14.6 Å². The molecule has 0 saturated heterocycles. The molecule has 0 radical (unpaired) electrons. The molecule has 80 valence electrons. The lowest BCUT2D eigenvalue weighted by Gasteiger charge is -2.18. The highest BCUT2D eigenvalue weighted by Gasteiger charge is 2.37. The molecule has 0 amide bonds. The van der Waals surface area contributed by atoms with Crippen molar-refractivity contribution in [3.63, 3.8) is 0 Å². The minimum atomic E-state index is -0.566. The second-order valence-electron chi connectivity index (χ2n) is 3.42. The predicted molar refractivity (Wildman–Crippen MR) is 46.3 cm³/mol. The highest BCUT2D eigenvalue weighted by molar-refractivity contribution is 5.67. The summed E-state index contributed by atoms with van der Waals surface area (Å²) in [5.41, 5.74) is 0. The van der Waals surface area contributed by atoms with Crippen LogP contribution >= 0.6 is 0 Å². The molecule has 1 saturated carbocycles. The molecule has 1 aliphatic rings. The summed E-state index contributed by atoms with van der Waals surface area (Å²) in [5.74, 6) is -0.859. The van der Waals surface area contributed by atoms with Crippen molar-refractivity contribution >= 4 is 11.9 Å². The molecule has 0 aromatic heterocycles. The quantitative estimate of drug-likeness (QED) is 0.638. The van der Waals surface area contributed by atoms with Gasteiger partial charge in [-0.15, -0.1) is 0 Å². The van der Waals surface area contributed by atoms with E-state index < -0.39 is 30.3 Å². The molecule has 0 aromatic carbocycles.